The summed E-state index contributed by atoms with van der Waals surface area (Å²) in [5.74, 6) is 1.22. The lowest BCUT2D eigenvalue weighted by molar-refractivity contribution is -0.129. The summed E-state index contributed by atoms with van der Waals surface area (Å²) in [6, 6.07) is 13.4. The summed E-state index contributed by atoms with van der Waals surface area (Å²) in [4.78, 5) is 19.7. The number of hydrogen-bond acceptors (Lipinski definition) is 4. The lowest BCUT2D eigenvalue weighted by Gasteiger charge is -2.15. The van der Waals surface area contributed by atoms with E-state index in [1.165, 1.54) is 11.3 Å². The van der Waals surface area contributed by atoms with Crippen LogP contribution in [0.1, 0.15) is 16.3 Å². The molecule has 3 rings (SSSR count). The van der Waals surface area contributed by atoms with Crippen LogP contribution < -0.4 is 0 Å². The monoisotopic (exact) mass is 360 g/mol. The number of halogens is 1. The van der Waals surface area contributed by atoms with E-state index in [-0.39, 0.29) is 12.3 Å². The zero-order valence-electron chi connectivity index (χ0n) is 13.5. The molecule has 2 aromatic heterocycles. The third kappa shape index (κ3) is 3.86. The Hall–Kier alpha value is -2.11. The Morgan fingerprint density at radius 3 is 2.67 bits per heavy atom. The number of thiophene rings is 1. The highest BCUT2D eigenvalue weighted by molar-refractivity contribution is 7.16. The number of aromatic nitrogens is 1. The maximum absolute atomic E-state index is 12.4. The second kappa shape index (κ2) is 7.20. The molecule has 0 bridgehead atoms. The zero-order chi connectivity index (χ0) is 17.1. The highest BCUT2D eigenvalue weighted by Gasteiger charge is 2.17. The summed E-state index contributed by atoms with van der Waals surface area (Å²) < 4.78 is 6.43. The number of benzene rings is 1. The molecule has 24 heavy (non-hydrogen) atoms. The Bertz CT molecular complexity index is 842. The molecule has 0 spiro atoms. The van der Waals surface area contributed by atoms with Crippen LogP contribution in [-0.2, 0) is 17.8 Å². The molecule has 0 unspecified atom stereocenters. The van der Waals surface area contributed by atoms with E-state index in [1.54, 1.807) is 11.9 Å². The molecule has 2 heterocycles. The first-order valence-corrected chi connectivity index (χ1v) is 8.72. The summed E-state index contributed by atoms with van der Waals surface area (Å²) in [6.45, 7) is 2.37. The molecular weight excluding hydrogens is 344 g/mol. The predicted molar refractivity (Wildman–Crippen MR) is 96.2 cm³/mol. The second-order valence-corrected chi connectivity index (χ2v) is 7.32. The van der Waals surface area contributed by atoms with Gasteiger partial charge in [0.05, 0.1) is 23.0 Å². The summed E-state index contributed by atoms with van der Waals surface area (Å²) >= 11 is 7.41. The summed E-state index contributed by atoms with van der Waals surface area (Å²) in [7, 11) is 1.78. The summed E-state index contributed by atoms with van der Waals surface area (Å²) in [5.41, 5.74) is 1.58. The first-order valence-electron chi connectivity index (χ1n) is 7.53. The molecule has 0 saturated heterocycles. The predicted octanol–water partition coefficient (Wildman–Crippen LogP) is 4.57. The molecule has 6 heteroatoms. The van der Waals surface area contributed by atoms with Gasteiger partial charge in [0.1, 0.15) is 5.76 Å². The van der Waals surface area contributed by atoms with Crippen LogP contribution in [-0.4, -0.2) is 22.8 Å². The molecule has 3 aromatic rings. The number of nitrogens with zero attached hydrogens (tertiary/aromatic N) is 2. The van der Waals surface area contributed by atoms with Crippen LogP contribution in [0.15, 0.2) is 46.9 Å². The normalized spacial score (nSPS) is 10.8. The number of amides is 1. The first kappa shape index (κ1) is 16.7. The van der Waals surface area contributed by atoms with Crippen LogP contribution in [0.2, 0.25) is 4.34 Å². The fraction of sp³-hybridized carbons (Fsp3) is 0.222. The maximum atomic E-state index is 12.4. The number of carbonyl (C=O) groups is 1. The van der Waals surface area contributed by atoms with Gasteiger partial charge in [-0.25, -0.2) is 4.98 Å². The third-order valence-corrected chi connectivity index (χ3v) is 4.90. The molecule has 1 amide bonds. The second-order valence-electron chi connectivity index (χ2n) is 5.52. The van der Waals surface area contributed by atoms with Crippen LogP contribution in [0.4, 0.5) is 0 Å². The lowest BCUT2D eigenvalue weighted by Crippen LogP contribution is -2.27. The minimum absolute atomic E-state index is 0.00414. The van der Waals surface area contributed by atoms with Crippen molar-refractivity contribution in [3.63, 3.8) is 0 Å². The van der Waals surface area contributed by atoms with Crippen molar-refractivity contribution in [2.45, 2.75) is 19.9 Å². The van der Waals surface area contributed by atoms with E-state index in [2.05, 4.69) is 4.98 Å². The molecule has 0 aliphatic carbocycles. The highest BCUT2D eigenvalue weighted by atomic mass is 35.5. The number of carbonyl (C=O) groups excluding carboxylic acids is 1. The Morgan fingerprint density at radius 2 is 2.00 bits per heavy atom. The van der Waals surface area contributed by atoms with E-state index in [1.807, 2.05) is 49.4 Å². The van der Waals surface area contributed by atoms with Crippen LogP contribution in [0.5, 0.6) is 0 Å². The molecule has 124 valence electrons. The van der Waals surface area contributed by atoms with Crippen molar-refractivity contribution in [1.82, 2.24) is 9.88 Å². The van der Waals surface area contributed by atoms with Gasteiger partial charge in [-0.15, -0.1) is 11.3 Å². The van der Waals surface area contributed by atoms with E-state index >= 15 is 0 Å². The molecule has 0 aliphatic heterocycles. The average Bonchev–Trinajstić information content (AvgIpc) is 3.14. The van der Waals surface area contributed by atoms with Crippen molar-refractivity contribution in [1.29, 1.82) is 0 Å². The molecule has 1 aromatic carbocycles. The zero-order valence-corrected chi connectivity index (χ0v) is 15.0. The number of hydrogen-bond donors (Lipinski definition) is 0. The van der Waals surface area contributed by atoms with Crippen molar-refractivity contribution in [2.24, 2.45) is 0 Å². The van der Waals surface area contributed by atoms with Crippen molar-refractivity contribution in [3.8, 4) is 11.5 Å². The van der Waals surface area contributed by atoms with Gasteiger partial charge >= 0.3 is 0 Å². The van der Waals surface area contributed by atoms with Gasteiger partial charge in [0, 0.05) is 17.5 Å². The molecule has 0 fully saturated rings. The number of oxazole rings is 1. The van der Waals surface area contributed by atoms with Crippen LogP contribution >= 0.6 is 22.9 Å². The van der Waals surface area contributed by atoms with Crippen molar-refractivity contribution < 1.29 is 9.21 Å². The van der Waals surface area contributed by atoms with E-state index in [9.17, 15) is 4.79 Å². The first-order chi connectivity index (χ1) is 11.5. The van der Waals surface area contributed by atoms with Crippen molar-refractivity contribution in [2.75, 3.05) is 7.05 Å². The topological polar surface area (TPSA) is 46.3 Å². The third-order valence-electron chi connectivity index (χ3n) is 3.68. The van der Waals surface area contributed by atoms with E-state index < -0.39 is 0 Å². The van der Waals surface area contributed by atoms with Crippen molar-refractivity contribution >= 4 is 28.8 Å². The van der Waals surface area contributed by atoms with Gasteiger partial charge in [-0.1, -0.05) is 29.8 Å². The Morgan fingerprint density at radius 1 is 1.25 bits per heavy atom. The van der Waals surface area contributed by atoms with Gasteiger partial charge in [-0.2, -0.15) is 0 Å². The summed E-state index contributed by atoms with van der Waals surface area (Å²) in [5, 5.41) is 0. The fourth-order valence-electron chi connectivity index (χ4n) is 2.33. The quantitative estimate of drug-likeness (QED) is 0.669. The molecule has 0 atom stereocenters. The van der Waals surface area contributed by atoms with E-state index in [0.29, 0.717) is 23.9 Å². The van der Waals surface area contributed by atoms with E-state index in [0.717, 1.165) is 14.8 Å². The number of rotatable bonds is 5. The van der Waals surface area contributed by atoms with E-state index in [4.69, 9.17) is 16.0 Å². The van der Waals surface area contributed by atoms with Gasteiger partial charge in [0.25, 0.3) is 0 Å². The minimum Gasteiger partial charge on any atom is -0.441 e. The lowest BCUT2D eigenvalue weighted by atomic mass is 10.2. The van der Waals surface area contributed by atoms with Crippen LogP contribution in [0.25, 0.3) is 11.5 Å². The van der Waals surface area contributed by atoms with Crippen LogP contribution in [0, 0.1) is 6.92 Å². The molecule has 0 aliphatic rings. The Labute approximate surface area is 149 Å². The standard InChI is InChI=1S/C18H17ClN2O2S/c1-12-15(20-18(23-12)13-6-4-3-5-7-13)10-17(22)21(2)11-14-8-9-16(19)24-14/h3-9H,10-11H2,1-2H3. The Balaban J connectivity index is 1.69. The fourth-order valence-corrected chi connectivity index (χ4v) is 3.47. The Kier molecular flexibility index (Phi) is 5.02. The smallest absolute Gasteiger partial charge is 0.228 e. The number of aryl methyl sites for hydroxylation is 1. The molecule has 0 saturated carbocycles. The maximum Gasteiger partial charge on any atom is 0.228 e. The highest BCUT2D eigenvalue weighted by Crippen LogP contribution is 2.24. The van der Waals surface area contributed by atoms with Gasteiger partial charge in [-0.3, -0.25) is 4.79 Å². The minimum atomic E-state index is -0.00414. The van der Waals surface area contributed by atoms with Gasteiger partial charge in [0.2, 0.25) is 11.8 Å². The van der Waals surface area contributed by atoms with Crippen molar-refractivity contribution in [3.05, 3.63) is 63.1 Å². The summed E-state index contributed by atoms with van der Waals surface area (Å²) in [6.07, 6.45) is 0.220. The van der Waals surface area contributed by atoms with Crippen LogP contribution in [0.3, 0.4) is 0 Å². The molecular formula is C18H17ClN2O2S. The SMILES string of the molecule is Cc1oc(-c2ccccc2)nc1CC(=O)N(C)Cc1ccc(Cl)s1. The molecule has 0 radical (unpaired) electrons. The van der Waals surface area contributed by atoms with Gasteiger partial charge in [-0.05, 0) is 31.2 Å². The molecule has 0 N–H and O–H groups in total. The van der Waals surface area contributed by atoms with Gasteiger partial charge in [0.15, 0.2) is 0 Å². The van der Waals surface area contributed by atoms with Gasteiger partial charge < -0.3 is 9.32 Å². The molecule has 4 nitrogen and oxygen atoms in total. The average molecular weight is 361 g/mol. The largest absolute Gasteiger partial charge is 0.441 e. The number of likely N-dealkylation sites (N-methyl/N-ethyl adjacent to an activating group) is 1.